The zero-order chi connectivity index (χ0) is 23.4. The van der Waals surface area contributed by atoms with Crippen LogP contribution in [0.15, 0.2) is 84.9 Å². The SMILES string of the molecule is Clc1ccc(-c2nc(-c3ccccc3)c(N(c3ccccc3)C3C4CC5CC(C4)CC3C5)s2)cc1. The van der Waals surface area contributed by atoms with E-state index in [1.807, 2.05) is 23.5 Å². The summed E-state index contributed by atoms with van der Waals surface area (Å²) < 4.78 is 0. The Morgan fingerprint density at radius 3 is 1.91 bits per heavy atom. The maximum atomic E-state index is 6.21. The Morgan fingerprint density at radius 2 is 1.29 bits per heavy atom. The minimum atomic E-state index is 0.547. The van der Waals surface area contributed by atoms with Crippen LogP contribution in [0.2, 0.25) is 5.02 Å². The molecule has 4 fully saturated rings. The van der Waals surface area contributed by atoms with E-state index >= 15 is 0 Å². The largest absolute Gasteiger partial charge is 0.328 e. The third-order valence-electron chi connectivity index (χ3n) is 8.48. The fourth-order valence-corrected chi connectivity index (χ4v) is 8.59. The first-order valence-corrected chi connectivity index (χ1v) is 14.1. The quantitative estimate of drug-likeness (QED) is 0.274. The predicted molar refractivity (Wildman–Crippen MR) is 147 cm³/mol. The topological polar surface area (TPSA) is 16.1 Å². The predicted octanol–water partition coefficient (Wildman–Crippen LogP) is 9.09. The van der Waals surface area contributed by atoms with E-state index in [0.717, 1.165) is 45.0 Å². The summed E-state index contributed by atoms with van der Waals surface area (Å²) in [4.78, 5) is 7.97. The van der Waals surface area contributed by atoms with E-state index < -0.39 is 0 Å². The summed E-state index contributed by atoms with van der Waals surface area (Å²) in [7, 11) is 0. The molecule has 4 bridgehead atoms. The van der Waals surface area contributed by atoms with Gasteiger partial charge in [0.25, 0.3) is 0 Å². The normalized spacial score (nSPS) is 26.7. The van der Waals surface area contributed by atoms with Crippen LogP contribution in [0.4, 0.5) is 10.7 Å². The van der Waals surface area contributed by atoms with Crippen molar-refractivity contribution in [1.29, 1.82) is 0 Å². The lowest BCUT2D eigenvalue weighted by Crippen LogP contribution is -2.54. The second kappa shape index (κ2) is 8.80. The van der Waals surface area contributed by atoms with Crippen molar-refractivity contribution in [3.8, 4) is 21.8 Å². The number of anilines is 2. The van der Waals surface area contributed by atoms with Crippen molar-refractivity contribution in [1.82, 2.24) is 4.98 Å². The molecule has 0 atom stereocenters. The molecular formula is C31H29ClN2S. The molecule has 0 amide bonds. The maximum absolute atomic E-state index is 6.21. The number of thiazole rings is 1. The average molecular weight is 497 g/mol. The molecule has 1 aromatic heterocycles. The highest BCUT2D eigenvalue weighted by molar-refractivity contribution is 7.19. The number of hydrogen-bond acceptors (Lipinski definition) is 3. The number of benzene rings is 3. The van der Waals surface area contributed by atoms with Gasteiger partial charge < -0.3 is 4.90 Å². The van der Waals surface area contributed by atoms with Crippen LogP contribution in [0.25, 0.3) is 21.8 Å². The zero-order valence-electron chi connectivity index (χ0n) is 19.7. The Bertz CT molecular complexity index is 1290. The van der Waals surface area contributed by atoms with Gasteiger partial charge in [0.15, 0.2) is 0 Å². The van der Waals surface area contributed by atoms with Crippen LogP contribution in [0.3, 0.4) is 0 Å². The lowest BCUT2D eigenvalue weighted by atomic mass is 9.54. The van der Waals surface area contributed by atoms with Gasteiger partial charge in [0, 0.05) is 27.9 Å². The van der Waals surface area contributed by atoms with Gasteiger partial charge in [-0.3, -0.25) is 0 Å². The number of aromatic nitrogens is 1. The van der Waals surface area contributed by atoms with Crippen LogP contribution >= 0.6 is 22.9 Å². The fraction of sp³-hybridized carbons (Fsp3) is 0.323. The Morgan fingerprint density at radius 1 is 0.686 bits per heavy atom. The van der Waals surface area contributed by atoms with Crippen LogP contribution in [-0.4, -0.2) is 11.0 Å². The Kier molecular flexibility index (Phi) is 5.44. The van der Waals surface area contributed by atoms with E-state index in [-0.39, 0.29) is 0 Å². The number of halogens is 1. The Balaban J connectivity index is 1.41. The van der Waals surface area contributed by atoms with Gasteiger partial charge in [0.2, 0.25) is 0 Å². The highest BCUT2D eigenvalue weighted by atomic mass is 35.5. The minimum absolute atomic E-state index is 0.547. The van der Waals surface area contributed by atoms with E-state index in [0.29, 0.717) is 6.04 Å². The van der Waals surface area contributed by atoms with Crippen molar-refractivity contribution in [2.24, 2.45) is 23.7 Å². The van der Waals surface area contributed by atoms with Crippen LogP contribution in [0.5, 0.6) is 0 Å². The molecule has 4 aromatic rings. The summed E-state index contributed by atoms with van der Waals surface area (Å²) in [5.41, 5.74) is 4.70. The first kappa shape index (κ1) is 21.6. The van der Waals surface area contributed by atoms with Crippen molar-refractivity contribution in [2.75, 3.05) is 4.90 Å². The minimum Gasteiger partial charge on any atom is -0.328 e. The number of hydrogen-bond donors (Lipinski definition) is 0. The summed E-state index contributed by atoms with van der Waals surface area (Å²) in [5.74, 6) is 3.45. The van der Waals surface area contributed by atoms with E-state index in [9.17, 15) is 0 Å². The summed E-state index contributed by atoms with van der Waals surface area (Å²) in [6.45, 7) is 0. The van der Waals surface area contributed by atoms with Crippen molar-refractivity contribution in [3.05, 3.63) is 90.0 Å². The Hall–Kier alpha value is -2.62. The third kappa shape index (κ3) is 3.90. The molecule has 0 aliphatic heterocycles. The molecule has 3 aromatic carbocycles. The van der Waals surface area contributed by atoms with Crippen molar-refractivity contribution in [2.45, 2.75) is 38.1 Å². The molecule has 0 unspecified atom stereocenters. The highest BCUT2D eigenvalue weighted by Crippen LogP contribution is 2.58. The number of para-hydroxylation sites is 1. The van der Waals surface area contributed by atoms with Gasteiger partial charge in [0.1, 0.15) is 15.7 Å². The van der Waals surface area contributed by atoms with Crippen LogP contribution < -0.4 is 4.90 Å². The van der Waals surface area contributed by atoms with Gasteiger partial charge in [-0.05, 0) is 80.0 Å². The molecule has 1 heterocycles. The van der Waals surface area contributed by atoms with Gasteiger partial charge in [-0.15, -0.1) is 0 Å². The summed E-state index contributed by atoms with van der Waals surface area (Å²) in [5, 5.41) is 3.10. The molecule has 4 saturated carbocycles. The first-order valence-electron chi connectivity index (χ1n) is 12.9. The lowest BCUT2D eigenvalue weighted by molar-refractivity contribution is 0.000706. The molecule has 35 heavy (non-hydrogen) atoms. The van der Waals surface area contributed by atoms with Gasteiger partial charge >= 0.3 is 0 Å². The second-order valence-corrected chi connectivity index (χ2v) is 12.1. The van der Waals surface area contributed by atoms with Crippen molar-refractivity contribution in [3.63, 3.8) is 0 Å². The Labute approximate surface area is 216 Å². The summed E-state index contributed by atoms with van der Waals surface area (Å²) in [6, 6.07) is 30.5. The molecule has 2 nitrogen and oxygen atoms in total. The molecule has 176 valence electrons. The van der Waals surface area contributed by atoms with E-state index in [1.54, 1.807) is 0 Å². The van der Waals surface area contributed by atoms with Crippen LogP contribution in [-0.2, 0) is 0 Å². The smallest absolute Gasteiger partial charge is 0.126 e. The number of rotatable bonds is 5. The van der Waals surface area contributed by atoms with Crippen molar-refractivity contribution < 1.29 is 0 Å². The van der Waals surface area contributed by atoms with Gasteiger partial charge in [-0.2, -0.15) is 0 Å². The summed E-state index contributed by atoms with van der Waals surface area (Å²) >= 11 is 8.04. The van der Waals surface area contributed by atoms with Crippen LogP contribution in [0.1, 0.15) is 32.1 Å². The summed E-state index contributed by atoms with van der Waals surface area (Å²) in [6.07, 6.45) is 7.05. The molecule has 0 N–H and O–H groups in total. The van der Waals surface area contributed by atoms with Gasteiger partial charge in [-0.1, -0.05) is 83.6 Å². The van der Waals surface area contributed by atoms with Gasteiger partial charge in [0.05, 0.1) is 0 Å². The van der Waals surface area contributed by atoms with E-state index in [4.69, 9.17) is 16.6 Å². The van der Waals surface area contributed by atoms with Crippen LogP contribution in [0, 0.1) is 23.7 Å². The molecule has 0 spiro atoms. The lowest BCUT2D eigenvalue weighted by Gasteiger charge is -2.57. The van der Waals surface area contributed by atoms with E-state index in [1.165, 1.54) is 48.4 Å². The third-order valence-corrected chi connectivity index (χ3v) is 9.83. The molecule has 4 aliphatic carbocycles. The fourth-order valence-electron chi connectivity index (χ4n) is 7.31. The zero-order valence-corrected chi connectivity index (χ0v) is 21.3. The second-order valence-electron chi connectivity index (χ2n) is 10.7. The molecule has 0 saturated heterocycles. The van der Waals surface area contributed by atoms with Crippen molar-refractivity contribution >= 4 is 33.6 Å². The number of nitrogens with zero attached hydrogens (tertiary/aromatic N) is 2. The molecule has 4 aliphatic rings. The highest BCUT2D eigenvalue weighted by Gasteiger charge is 2.51. The molecular weight excluding hydrogens is 468 g/mol. The maximum Gasteiger partial charge on any atom is 0.126 e. The average Bonchev–Trinajstić information content (AvgIpc) is 3.32. The molecule has 8 rings (SSSR count). The van der Waals surface area contributed by atoms with Gasteiger partial charge in [-0.25, -0.2) is 4.98 Å². The first-order chi connectivity index (χ1) is 17.2. The molecule has 0 radical (unpaired) electrons. The monoisotopic (exact) mass is 496 g/mol. The standard InChI is InChI=1S/C31H29ClN2S/c32-26-13-11-23(12-14-26)30-33-28(22-7-3-1-4-8-22)31(35-30)34(27-9-5-2-6-10-27)29-24-16-20-15-21(18-24)19-25(29)17-20/h1-14,20-21,24-25,29H,15-19H2. The van der Waals surface area contributed by atoms with E-state index in [2.05, 4.69) is 77.7 Å². The molecule has 4 heteroatoms.